The number of carbonyl (C=O) groups is 1. The third-order valence-electron chi connectivity index (χ3n) is 3.97. The summed E-state index contributed by atoms with van der Waals surface area (Å²) in [5, 5.41) is 0. The highest BCUT2D eigenvalue weighted by Gasteiger charge is 2.27. The van der Waals surface area contributed by atoms with Gasteiger partial charge in [0.1, 0.15) is 5.82 Å². The van der Waals surface area contributed by atoms with E-state index in [1.54, 1.807) is 11.8 Å². The molecule has 21 heavy (non-hydrogen) atoms. The first-order valence-electron chi connectivity index (χ1n) is 8.01. The fourth-order valence-corrected chi connectivity index (χ4v) is 3.68. The molecule has 1 aromatic heterocycles. The first-order chi connectivity index (χ1) is 10.1. The molecule has 0 N–H and O–H groups in total. The van der Waals surface area contributed by atoms with Gasteiger partial charge in [0.05, 0.1) is 5.75 Å². The third-order valence-corrected chi connectivity index (χ3v) is 5.12. The zero-order valence-electron chi connectivity index (χ0n) is 13.4. The molecule has 5 heteroatoms. The first-order valence-corrected chi connectivity index (χ1v) is 9.17. The molecular formula is C16H27N3OS. The number of carbonyl (C=O) groups excluding carboxylic acids is 1. The van der Waals surface area contributed by atoms with Crippen LogP contribution < -0.4 is 0 Å². The van der Waals surface area contributed by atoms with Gasteiger partial charge in [-0.1, -0.05) is 6.92 Å². The van der Waals surface area contributed by atoms with E-state index in [1.165, 1.54) is 0 Å². The van der Waals surface area contributed by atoms with Gasteiger partial charge in [-0.05, 0) is 38.9 Å². The molecule has 1 atom stereocenters. The number of likely N-dealkylation sites (tertiary alicyclic amines) is 1. The van der Waals surface area contributed by atoms with Gasteiger partial charge in [-0.25, -0.2) is 4.98 Å². The SMILES string of the molecule is CCCSCC(=O)N1CCC[C@@H](c2nccn2C(C)C)C1. The predicted molar refractivity (Wildman–Crippen MR) is 88.8 cm³/mol. The van der Waals surface area contributed by atoms with Gasteiger partial charge in [-0.2, -0.15) is 11.8 Å². The van der Waals surface area contributed by atoms with Crippen LogP contribution >= 0.6 is 11.8 Å². The summed E-state index contributed by atoms with van der Waals surface area (Å²) in [6.45, 7) is 8.25. The van der Waals surface area contributed by atoms with Crippen molar-refractivity contribution in [2.45, 2.75) is 52.0 Å². The van der Waals surface area contributed by atoms with Crippen molar-refractivity contribution in [1.29, 1.82) is 0 Å². The molecule has 0 aliphatic carbocycles. The van der Waals surface area contributed by atoms with Gasteiger partial charge in [-0.15, -0.1) is 0 Å². The van der Waals surface area contributed by atoms with E-state index in [2.05, 4.69) is 36.5 Å². The van der Waals surface area contributed by atoms with Crippen LogP contribution in [0.1, 0.15) is 57.8 Å². The van der Waals surface area contributed by atoms with E-state index in [4.69, 9.17) is 0 Å². The maximum atomic E-state index is 12.3. The Labute approximate surface area is 132 Å². The molecule has 1 saturated heterocycles. The summed E-state index contributed by atoms with van der Waals surface area (Å²) >= 11 is 1.75. The topological polar surface area (TPSA) is 38.1 Å². The number of nitrogens with zero attached hydrogens (tertiary/aromatic N) is 3. The molecule has 2 heterocycles. The van der Waals surface area contributed by atoms with Crippen LogP contribution in [0.25, 0.3) is 0 Å². The van der Waals surface area contributed by atoms with Crippen LogP contribution in [0, 0.1) is 0 Å². The van der Waals surface area contributed by atoms with Crippen molar-refractivity contribution in [3.05, 3.63) is 18.2 Å². The molecular weight excluding hydrogens is 282 g/mol. The Morgan fingerprint density at radius 1 is 1.52 bits per heavy atom. The number of hydrogen-bond donors (Lipinski definition) is 0. The minimum atomic E-state index is 0.292. The van der Waals surface area contributed by atoms with Crippen molar-refractivity contribution in [1.82, 2.24) is 14.5 Å². The van der Waals surface area contributed by atoms with Crippen LogP contribution in [0.3, 0.4) is 0 Å². The summed E-state index contributed by atoms with van der Waals surface area (Å²) < 4.78 is 2.24. The van der Waals surface area contributed by atoms with Crippen molar-refractivity contribution >= 4 is 17.7 Å². The Morgan fingerprint density at radius 2 is 2.33 bits per heavy atom. The molecule has 118 valence electrons. The molecule has 0 aromatic carbocycles. The maximum absolute atomic E-state index is 12.3. The standard InChI is InChI=1S/C16H27N3OS/c1-4-10-21-12-15(20)18-8-5-6-14(11-18)16-17-7-9-19(16)13(2)3/h7,9,13-14H,4-6,8,10-12H2,1-3H3/t14-/m1/s1. The summed E-state index contributed by atoms with van der Waals surface area (Å²) in [6, 6.07) is 0.425. The van der Waals surface area contributed by atoms with Gasteiger partial charge in [0.25, 0.3) is 0 Å². The number of amides is 1. The smallest absolute Gasteiger partial charge is 0.232 e. The fourth-order valence-electron chi connectivity index (χ4n) is 2.89. The summed E-state index contributed by atoms with van der Waals surface area (Å²) in [5.74, 6) is 3.51. The minimum Gasteiger partial charge on any atom is -0.341 e. The molecule has 1 aromatic rings. The Hall–Kier alpha value is -0.970. The molecule has 0 radical (unpaired) electrons. The average molecular weight is 309 g/mol. The van der Waals surface area contributed by atoms with Crippen molar-refractivity contribution < 1.29 is 4.79 Å². The number of rotatable bonds is 6. The van der Waals surface area contributed by atoms with E-state index in [-0.39, 0.29) is 0 Å². The fraction of sp³-hybridized carbons (Fsp3) is 0.750. The Morgan fingerprint density at radius 3 is 3.05 bits per heavy atom. The number of imidazole rings is 1. The summed E-state index contributed by atoms with van der Waals surface area (Å²) in [6.07, 6.45) is 7.28. The number of aromatic nitrogens is 2. The van der Waals surface area contributed by atoms with Crippen LogP contribution in [0.15, 0.2) is 12.4 Å². The Kier molecular flexibility index (Phi) is 6.15. The highest BCUT2D eigenvalue weighted by atomic mass is 32.2. The number of hydrogen-bond acceptors (Lipinski definition) is 3. The zero-order valence-corrected chi connectivity index (χ0v) is 14.2. The van der Waals surface area contributed by atoms with Gasteiger partial charge in [0.15, 0.2) is 0 Å². The van der Waals surface area contributed by atoms with E-state index in [0.29, 0.717) is 23.6 Å². The van der Waals surface area contributed by atoms with E-state index in [9.17, 15) is 4.79 Å². The molecule has 1 fully saturated rings. The van der Waals surface area contributed by atoms with E-state index < -0.39 is 0 Å². The van der Waals surface area contributed by atoms with Crippen LogP contribution in [0.2, 0.25) is 0 Å². The van der Waals surface area contributed by atoms with Gasteiger partial charge >= 0.3 is 0 Å². The molecule has 1 aliphatic heterocycles. The molecule has 1 aliphatic rings. The lowest BCUT2D eigenvalue weighted by Crippen LogP contribution is -2.40. The quantitative estimate of drug-likeness (QED) is 0.757. The van der Waals surface area contributed by atoms with Gasteiger partial charge in [0, 0.05) is 37.4 Å². The Bertz CT molecular complexity index is 458. The molecule has 0 bridgehead atoms. The molecule has 1 amide bonds. The van der Waals surface area contributed by atoms with Crippen molar-refractivity contribution in [2.75, 3.05) is 24.6 Å². The van der Waals surface area contributed by atoms with Gasteiger partial charge in [-0.3, -0.25) is 4.79 Å². The van der Waals surface area contributed by atoms with Crippen LogP contribution in [-0.2, 0) is 4.79 Å². The van der Waals surface area contributed by atoms with E-state index >= 15 is 0 Å². The Balaban J connectivity index is 1.97. The molecule has 0 saturated carbocycles. The van der Waals surface area contributed by atoms with Crippen LogP contribution in [0.4, 0.5) is 0 Å². The molecule has 2 rings (SSSR count). The maximum Gasteiger partial charge on any atom is 0.232 e. The lowest BCUT2D eigenvalue weighted by molar-refractivity contribution is -0.129. The lowest BCUT2D eigenvalue weighted by atomic mass is 9.97. The molecule has 0 spiro atoms. The second-order valence-corrected chi connectivity index (χ2v) is 7.12. The summed E-state index contributed by atoms with van der Waals surface area (Å²) in [5.41, 5.74) is 0. The van der Waals surface area contributed by atoms with Crippen molar-refractivity contribution in [3.8, 4) is 0 Å². The second-order valence-electron chi connectivity index (χ2n) is 6.02. The average Bonchev–Trinajstić information content (AvgIpc) is 2.97. The van der Waals surface area contributed by atoms with Gasteiger partial charge < -0.3 is 9.47 Å². The van der Waals surface area contributed by atoms with E-state index in [0.717, 1.165) is 43.9 Å². The molecule has 4 nitrogen and oxygen atoms in total. The van der Waals surface area contributed by atoms with Crippen molar-refractivity contribution in [3.63, 3.8) is 0 Å². The van der Waals surface area contributed by atoms with Crippen molar-refractivity contribution in [2.24, 2.45) is 0 Å². The summed E-state index contributed by atoms with van der Waals surface area (Å²) in [7, 11) is 0. The first kappa shape index (κ1) is 16.4. The number of thioether (sulfide) groups is 1. The monoisotopic (exact) mass is 309 g/mol. The second kappa shape index (κ2) is 7.87. The van der Waals surface area contributed by atoms with Crippen LogP contribution in [0.5, 0.6) is 0 Å². The largest absolute Gasteiger partial charge is 0.341 e. The van der Waals surface area contributed by atoms with Crippen LogP contribution in [-0.4, -0.2) is 45.0 Å². The lowest BCUT2D eigenvalue weighted by Gasteiger charge is -2.33. The highest BCUT2D eigenvalue weighted by molar-refractivity contribution is 7.99. The highest BCUT2D eigenvalue weighted by Crippen LogP contribution is 2.27. The molecule has 0 unspecified atom stereocenters. The zero-order chi connectivity index (χ0) is 15.2. The van der Waals surface area contributed by atoms with E-state index in [1.807, 2.05) is 11.1 Å². The minimum absolute atomic E-state index is 0.292. The van der Waals surface area contributed by atoms with Gasteiger partial charge in [0.2, 0.25) is 5.91 Å². The third kappa shape index (κ3) is 4.25. The predicted octanol–water partition coefficient (Wildman–Crippen LogP) is 3.31. The summed E-state index contributed by atoms with van der Waals surface area (Å²) in [4.78, 5) is 18.9. The number of piperidine rings is 1. The normalized spacial score (nSPS) is 19.2.